The van der Waals surface area contributed by atoms with E-state index in [1.165, 1.54) is 0 Å². The summed E-state index contributed by atoms with van der Waals surface area (Å²) in [5, 5.41) is 11.9. The first-order valence-electron chi connectivity index (χ1n) is 6.05. The third-order valence-electron chi connectivity index (χ3n) is 2.47. The summed E-state index contributed by atoms with van der Waals surface area (Å²) in [4.78, 5) is 13.7. The summed E-state index contributed by atoms with van der Waals surface area (Å²) in [5.41, 5.74) is -0.239. The lowest BCUT2D eigenvalue weighted by molar-refractivity contribution is 0.141. The Hall–Kier alpha value is -0.770. The zero-order chi connectivity index (χ0) is 12.8. The third kappa shape index (κ3) is 5.35. The van der Waals surface area contributed by atoms with Gasteiger partial charge >= 0.3 is 6.03 Å². The Morgan fingerprint density at radius 1 is 1.31 bits per heavy atom. The highest BCUT2D eigenvalue weighted by molar-refractivity contribution is 5.75. The van der Waals surface area contributed by atoms with Crippen molar-refractivity contribution in [3.8, 4) is 0 Å². The fraction of sp³-hybridized carbons (Fsp3) is 0.917. The third-order valence-corrected chi connectivity index (χ3v) is 2.47. The lowest BCUT2D eigenvalue weighted by atomic mass is 10.1. The van der Waals surface area contributed by atoms with E-state index in [2.05, 4.69) is 19.2 Å². The van der Waals surface area contributed by atoms with Gasteiger partial charge in [-0.1, -0.05) is 13.8 Å². The maximum Gasteiger partial charge on any atom is 0.318 e. The van der Waals surface area contributed by atoms with Crippen molar-refractivity contribution in [2.45, 2.75) is 59.0 Å². The van der Waals surface area contributed by atoms with Crippen molar-refractivity contribution in [3.05, 3.63) is 0 Å². The molecule has 4 nitrogen and oxygen atoms in total. The number of nitrogens with zero attached hydrogens (tertiary/aromatic N) is 1. The molecule has 0 aliphatic rings. The molecule has 4 heteroatoms. The van der Waals surface area contributed by atoms with Crippen molar-refractivity contribution in [2.75, 3.05) is 13.2 Å². The smallest absolute Gasteiger partial charge is 0.318 e. The Balaban J connectivity index is 4.57. The van der Waals surface area contributed by atoms with E-state index < -0.39 is 0 Å². The first-order valence-corrected chi connectivity index (χ1v) is 6.05. The van der Waals surface area contributed by atoms with Gasteiger partial charge in [0.05, 0.1) is 6.61 Å². The molecular weight excluding hydrogens is 204 g/mol. The summed E-state index contributed by atoms with van der Waals surface area (Å²) in [6, 6.07) is 0.116. The molecule has 0 aliphatic heterocycles. The van der Waals surface area contributed by atoms with Gasteiger partial charge in [0.2, 0.25) is 0 Å². The highest BCUT2D eigenvalue weighted by atomic mass is 16.3. The quantitative estimate of drug-likeness (QED) is 0.758. The molecular formula is C12H26N2O2. The number of nitrogens with one attached hydrogen (secondary N) is 1. The van der Waals surface area contributed by atoms with Crippen LogP contribution in [0.5, 0.6) is 0 Å². The van der Waals surface area contributed by atoms with Crippen LogP contribution in [0.2, 0.25) is 0 Å². The second kappa shape index (κ2) is 6.74. The number of aliphatic hydroxyl groups excluding tert-OH is 1. The largest absolute Gasteiger partial charge is 0.395 e. The maximum absolute atomic E-state index is 12.0. The van der Waals surface area contributed by atoms with Gasteiger partial charge < -0.3 is 15.3 Å². The summed E-state index contributed by atoms with van der Waals surface area (Å²) in [6.07, 6.45) is 1.82. The molecule has 0 saturated carbocycles. The first-order chi connectivity index (χ1) is 7.35. The zero-order valence-electron chi connectivity index (χ0n) is 11.2. The van der Waals surface area contributed by atoms with Crippen molar-refractivity contribution in [1.82, 2.24) is 10.2 Å². The molecule has 0 fully saturated rings. The van der Waals surface area contributed by atoms with Gasteiger partial charge in [-0.05, 0) is 33.6 Å². The normalized spacial score (nSPS) is 11.7. The SMILES string of the molecule is CCC(CC)N(CCO)C(=O)NC(C)(C)C. The van der Waals surface area contributed by atoms with Crippen molar-refractivity contribution >= 4 is 6.03 Å². The summed E-state index contributed by atoms with van der Waals surface area (Å²) in [6.45, 7) is 10.4. The highest BCUT2D eigenvalue weighted by Crippen LogP contribution is 2.10. The van der Waals surface area contributed by atoms with Crippen LogP contribution in [0, 0.1) is 0 Å². The van der Waals surface area contributed by atoms with Gasteiger partial charge in [-0.25, -0.2) is 4.79 Å². The lowest BCUT2D eigenvalue weighted by Gasteiger charge is -2.33. The number of amides is 2. The van der Waals surface area contributed by atoms with E-state index in [1.807, 2.05) is 20.8 Å². The summed E-state index contributed by atoms with van der Waals surface area (Å²) in [5.74, 6) is 0. The molecule has 0 atom stereocenters. The molecule has 0 unspecified atom stereocenters. The van der Waals surface area contributed by atoms with E-state index in [9.17, 15) is 4.79 Å². The predicted molar refractivity (Wildman–Crippen MR) is 66.4 cm³/mol. The van der Waals surface area contributed by atoms with Crippen LogP contribution in [-0.4, -0.2) is 40.8 Å². The van der Waals surface area contributed by atoms with Crippen molar-refractivity contribution < 1.29 is 9.90 Å². The molecule has 2 N–H and O–H groups in total. The van der Waals surface area contributed by atoms with Crippen molar-refractivity contribution in [3.63, 3.8) is 0 Å². The molecule has 16 heavy (non-hydrogen) atoms. The number of hydrogen-bond donors (Lipinski definition) is 2. The average molecular weight is 230 g/mol. The van der Waals surface area contributed by atoms with Gasteiger partial charge in [-0.15, -0.1) is 0 Å². The predicted octanol–water partition coefficient (Wildman–Crippen LogP) is 1.98. The van der Waals surface area contributed by atoms with Crippen molar-refractivity contribution in [1.29, 1.82) is 0 Å². The minimum Gasteiger partial charge on any atom is -0.395 e. The maximum atomic E-state index is 12.0. The Morgan fingerprint density at radius 2 is 1.81 bits per heavy atom. The summed E-state index contributed by atoms with van der Waals surface area (Å²) in [7, 11) is 0. The fourth-order valence-electron chi connectivity index (χ4n) is 1.68. The van der Waals surface area contributed by atoms with E-state index >= 15 is 0 Å². The molecule has 0 spiro atoms. The first kappa shape index (κ1) is 15.2. The number of rotatable bonds is 5. The van der Waals surface area contributed by atoms with Crippen LogP contribution in [-0.2, 0) is 0 Å². The standard InChI is InChI=1S/C12H26N2O2/c1-6-10(7-2)14(8-9-15)11(16)13-12(3,4)5/h10,15H,6-9H2,1-5H3,(H,13,16). The van der Waals surface area contributed by atoms with Gasteiger partial charge in [-0.2, -0.15) is 0 Å². The van der Waals surface area contributed by atoms with Crippen LogP contribution in [0.25, 0.3) is 0 Å². The molecule has 0 rings (SSSR count). The number of aliphatic hydroxyl groups is 1. The van der Waals surface area contributed by atoms with E-state index in [1.54, 1.807) is 4.90 Å². The lowest BCUT2D eigenvalue weighted by Crippen LogP contribution is -2.52. The molecule has 0 aromatic rings. The van der Waals surface area contributed by atoms with Crippen LogP contribution < -0.4 is 5.32 Å². The Kier molecular flexibility index (Phi) is 6.41. The molecule has 2 amide bonds. The summed E-state index contributed by atoms with van der Waals surface area (Å²) < 4.78 is 0. The molecule has 0 bridgehead atoms. The van der Waals surface area contributed by atoms with Gasteiger partial charge in [0, 0.05) is 18.1 Å². The van der Waals surface area contributed by atoms with Crippen LogP contribution in [0.1, 0.15) is 47.5 Å². The zero-order valence-corrected chi connectivity index (χ0v) is 11.2. The minimum atomic E-state index is -0.239. The molecule has 96 valence electrons. The van der Waals surface area contributed by atoms with Crippen LogP contribution in [0.4, 0.5) is 4.79 Å². The Morgan fingerprint density at radius 3 is 2.12 bits per heavy atom. The molecule has 0 saturated heterocycles. The van der Waals surface area contributed by atoms with Crippen LogP contribution in [0.15, 0.2) is 0 Å². The number of carbonyl (C=O) groups is 1. The van der Waals surface area contributed by atoms with Gasteiger partial charge in [-0.3, -0.25) is 0 Å². The molecule has 0 aliphatic carbocycles. The van der Waals surface area contributed by atoms with Crippen LogP contribution in [0.3, 0.4) is 0 Å². The highest BCUT2D eigenvalue weighted by Gasteiger charge is 2.23. The topological polar surface area (TPSA) is 52.6 Å². The van der Waals surface area contributed by atoms with E-state index in [4.69, 9.17) is 5.11 Å². The monoisotopic (exact) mass is 230 g/mol. The van der Waals surface area contributed by atoms with E-state index in [-0.39, 0.29) is 24.2 Å². The fourth-order valence-corrected chi connectivity index (χ4v) is 1.68. The minimum absolute atomic E-state index is 0.00800. The van der Waals surface area contributed by atoms with E-state index in [0.717, 1.165) is 12.8 Å². The van der Waals surface area contributed by atoms with Gasteiger partial charge in [0.15, 0.2) is 0 Å². The number of carbonyl (C=O) groups excluding carboxylic acids is 1. The number of urea groups is 1. The number of hydrogen-bond acceptors (Lipinski definition) is 2. The van der Waals surface area contributed by atoms with E-state index in [0.29, 0.717) is 6.54 Å². The molecule has 0 aromatic carbocycles. The Labute approximate surface area is 99.0 Å². The summed E-state index contributed by atoms with van der Waals surface area (Å²) >= 11 is 0. The van der Waals surface area contributed by atoms with Gasteiger partial charge in [0.1, 0.15) is 0 Å². The second-order valence-electron chi connectivity index (χ2n) is 5.07. The Bertz CT molecular complexity index is 208. The van der Waals surface area contributed by atoms with Crippen molar-refractivity contribution in [2.24, 2.45) is 0 Å². The molecule has 0 heterocycles. The average Bonchev–Trinajstić information content (AvgIpc) is 2.15. The van der Waals surface area contributed by atoms with Gasteiger partial charge in [0.25, 0.3) is 0 Å². The molecule has 0 radical (unpaired) electrons. The van der Waals surface area contributed by atoms with Crippen LogP contribution >= 0.6 is 0 Å². The second-order valence-corrected chi connectivity index (χ2v) is 5.07. The molecule has 0 aromatic heterocycles.